The van der Waals surface area contributed by atoms with Gasteiger partial charge in [0.25, 0.3) is 0 Å². The lowest BCUT2D eigenvalue weighted by Gasteiger charge is -2.21. The SMILES string of the molecule is CC1(C)c2cc3c4ccccc4n(-c4ccccc4)c3cc2-c2c1ccc1ccccc21. The van der Waals surface area contributed by atoms with E-state index in [0.717, 1.165) is 0 Å². The molecule has 0 atom stereocenters. The van der Waals surface area contributed by atoms with Crippen LogP contribution in [0.5, 0.6) is 0 Å². The van der Waals surface area contributed by atoms with Crippen molar-refractivity contribution in [2.75, 3.05) is 0 Å². The van der Waals surface area contributed by atoms with Gasteiger partial charge >= 0.3 is 0 Å². The molecule has 32 heavy (non-hydrogen) atoms. The molecule has 152 valence electrons. The zero-order chi connectivity index (χ0) is 21.4. The van der Waals surface area contributed by atoms with Crippen LogP contribution in [0.1, 0.15) is 25.0 Å². The van der Waals surface area contributed by atoms with Gasteiger partial charge in [-0.1, -0.05) is 86.6 Å². The fraction of sp³-hybridized carbons (Fsp3) is 0.0968. The van der Waals surface area contributed by atoms with Gasteiger partial charge in [0.1, 0.15) is 0 Å². The summed E-state index contributed by atoms with van der Waals surface area (Å²) in [6, 6.07) is 37.8. The molecule has 0 aliphatic heterocycles. The van der Waals surface area contributed by atoms with Crippen LogP contribution in [-0.2, 0) is 5.41 Å². The normalized spacial score (nSPS) is 14.2. The summed E-state index contributed by atoms with van der Waals surface area (Å²) in [6.07, 6.45) is 0. The number of aromatic nitrogens is 1. The Labute approximate surface area is 187 Å². The zero-order valence-electron chi connectivity index (χ0n) is 18.3. The molecule has 1 aliphatic carbocycles. The highest BCUT2D eigenvalue weighted by molar-refractivity contribution is 6.13. The van der Waals surface area contributed by atoms with E-state index in [-0.39, 0.29) is 5.41 Å². The van der Waals surface area contributed by atoms with Gasteiger partial charge in [-0.15, -0.1) is 0 Å². The molecule has 1 heteroatoms. The first-order chi connectivity index (χ1) is 15.6. The largest absolute Gasteiger partial charge is 0.309 e. The quantitative estimate of drug-likeness (QED) is 0.258. The molecule has 0 N–H and O–H groups in total. The van der Waals surface area contributed by atoms with E-state index in [0.29, 0.717) is 0 Å². The molecular formula is C31H23N. The van der Waals surface area contributed by atoms with Crippen molar-refractivity contribution in [1.82, 2.24) is 4.57 Å². The highest BCUT2D eigenvalue weighted by atomic mass is 15.0. The Morgan fingerprint density at radius 1 is 0.562 bits per heavy atom. The fourth-order valence-corrected chi connectivity index (χ4v) is 5.82. The second-order valence-corrected chi connectivity index (χ2v) is 9.44. The molecule has 6 aromatic rings. The van der Waals surface area contributed by atoms with Crippen molar-refractivity contribution in [1.29, 1.82) is 0 Å². The van der Waals surface area contributed by atoms with E-state index in [4.69, 9.17) is 0 Å². The third-order valence-corrected chi connectivity index (χ3v) is 7.37. The summed E-state index contributed by atoms with van der Waals surface area (Å²) in [5.41, 5.74) is 9.32. The van der Waals surface area contributed by atoms with Gasteiger partial charge in [0.05, 0.1) is 11.0 Å². The molecule has 1 nitrogen and oxygen atoms in total. The lowest BCUT2D eigenvalue weighted by atomic mass is 9.81. The smallest absolute Gasteiger partial charge is 0.0547 e. The van der Waals surface area contributed by atoms with E-state index in [2.05, 4.69) is 122 Å². The Hall–Kier alpha value is -3.84. The molecule has 1 aromatic heterocycles. The number of hydrogen-bond donors (Lipinski definition) is 0. The van der Waals surface area contributed by atoms with Crippen LogP contribution in [0.15, 0.2) is 103 Å². The van der Waals surface area contributed by atoms with E-state index in [1.54, 1.807) is 0 Å². The lowest BCUT2D eigenvalue weighted by Crippen LogP contribution is -2.14. The molecule has 0 saturated carbocycles. The average Bonchev–Trinajstić information content (AvgIpc) is 3.27. The summed E-state index contributed by atoms with van der Waals surface area (Å²) in [7, 11) is 0. The maximum Gasteiger partial charge on any atom is 0.0547 e. The first kappa shape index (κ1) is 17.8. The van der Waals surface area contributed by atoms with Crippen molar-refractivity contribution in [3.8, 4) is 16.8 Å². The average molecular weight is 410 g/mol. The van der Waals surface area contributed by atoms with Crippen molar-refractivity contribution in [2.24, 2.45) is 0 Å². The summed E-state index contributed by atoms with van der Waals surface area (Å²) in [4.78, 5) is 0. The minimum absolute atomic E-state index is 0.0289. The minimum Gasteiger partial charge on any atom is -0.309 e. The number of nitrogens with zero attached hydrogens (tertiary/aromatic N) is 1. The number of hydrogen-bond acceptors (Lipinski definition) is 0. The van der Waals surface area contributed by atoms with Crippen molar-refractivity contribution in [2.45, 2.75) is 19.3 Å². The molecule has 7 rings (SSSR count). The van der Waals surface area contributed by atoms with E-state index < -0.39 is 0 Å². The summed E-state index contributed by atoms with van der Waals surface area (Å²) in [5.74, 6) is 0. The van der Waals surface area contributed by atoms with Crippen molar-refractivity contribution >= 4 is 32.6 Å². The highest BCUT2D eigenvalue weighted by Gasteiger charge is 2.37. The van der Waals surface area contributed by atoms with Crippen molar-refractivity contribution in [3.05, 3.63) is 114 Å². The summed E-state index contributed by atoms with van der Waals surface area (Å²) in [5, 5.41) is 5.29. The van der Waals surface area contributed by atoms with Gasteiger partial charge in [0, 0.05) is 21.9 Å². The maximum absolute atomic E-state index is 2.46. The van der Waals surface area contributed by atoms with Gasteiger partial charge in [-0.25, -0.2) is 0 Å². The van der Waals surface area contributed by atoms with Gasteiger partial charge in [-0.2, -0.15) is 0 Å². The topological polar surface area (TPSA) is 4.93 Å². The highest BCUT2D eigenvalue weighted by Crippen LogP contribution is 2.53. The van der Waals surface area contributed by atoms with Crippen molar-refractivity contribution < 1.29 is 0 Å². The maximum atomic E-state index is 2.46. The van der Waals surface area contributed by atoms with E-state index in [9.17, 15) is 0 Å². The van der Waals surface area contributed by atoms with Gasteiger partial charge < -0.3 is 4.57 Å². The summed E-state index contributed by atoms with van der Waals surface area (Å²) >= 11 is 0. The molecule has 0 spiro atoms. The van der Waals surface area contributed by atoms with E-state index in [1.165, 1.54) is 60.5 Å². The van der Waals surface area contributed by atoms with Crippen LogP contribution < -0.4 is 0 Å². The number of benzene rings is 5. The minimum atomic E-state index is -0.0289. The summed E-state index contributed by atoms with van der Waals surface area (Å²) in [6.45, 7) is 4.74. The van der Waals surface area contributed by atoms with Crippen LogP contribution in [-0.4, -0.2) is 4.57 Å². The standard InChI is InChI=1S/C31H23N/c1-31(2)26-17-16-20-10-6-7-13-22(20)30(26)25-19-29-24(18-27(25)31)23-14-8-9-15-28(23)32(29)21-11-4-3-5-12-21/h3-19H,1-2H3. The second-order valence-electron chi connectivity index (χ2n) is 9.44. The van der Waals surface area contributed by atoms with E-state index >= 15 is 0 Å². The molecule has 0 bridgehead atoms. The second kappa shape index (κ2) is 6.11. The molecule has 0 saturated heterocycles. The van der Waals surface area contributed by atoms with Gasteiger partial charge in [-0.05, 0) is 63.4 Å². The third kappa shape index (κ3) is 2.18. The zero-order valence-corrected chi connectivity index (χ0v) is 18.3. The van der Waals surface area contributed by atoms with Crippen LogP contribution in [0.3, 0.4) is 0 Å². The molecule has 0 radical (unpaired) electrons. The molecule has 1 heterocycles. The lowest BCUT2D eigenvalue weighted by molar-refractivity contribution is 0.661. The molecule has 0 unspecified atom stereocenters. The predicted octanol–water partition coefficient (Wildman–Crippen LogP) is 8.24. The third-order valence-electron chi connectivity index (χ3n) is 7.37. The molecule has 0 fully saturated rings. The number of rotatable bonds is 1. The van der Waals surface area contributed by atoms with Crippen LogP contribution >= 0.6 is 0 Å². The van der Waals surface area contributed by atoms with Crippen molar-refractivity contribution in [3.63, 3.8) is 0 Å². The first-order valence-electron chi connectivity index (χ1n) is 11.3. The Bertz CT molecular complexity index is 1680. The Balaban J connectivity index is 1.67. The monoisotopic (exact) mass is 409 g/mol. The van der Waals surface area contributed by atoms with Crippen LogP contribution in [0.2, 0.25) is 0 Å². The van der Waals surface area contributed by atoms with Gasteiger partial charge in [-0.3, -0.25) is 0 Å². The fourth-order valence-electron chi connectivity index (χ4n) is 5.82. The Kier molecular flexibility index (Phi) is 3.40. The molecule has 1 aliphatic rings. The predicted molar refractivity (Wildman–Crippen MR) is 136 cm³/mol. The number of para-hydroxylation sites is 2. The van der Waals surface area contributed by atoms with Crippen LogP contribution in [0.4, 0.5) is 0 Å². The van der Waals surface area contributed by atoms with Crippen LogP contribution in [0.25, 0.3) is 49.4 Å². The molecular weight excluding hydrogens is 386 g/mol. The molecule has 5 aromatic carbocycles. The van der Waals surface area contributed by atoms with E-state index in [1.807, 2.05) is 0 Å². The molecule has 0 amide bonds. The Morgan fingerprint density at radius 3 is 2.12 bits per heavy atom. The van der Waals surface area contributed by atoms with Gasteiger partial charge in [0.2, 0.25) is 0 Å². The summed E-state index contributed by atoms with van der Waals surface area (Å²) < 4.78 is 2.42. The van der Waals surface area contributed by atoms with Gasteiger partial charge in [0.15, 0.2) is 0 Å². The van der Waals surface area contributed by atoms with Crippen LogP contribution in [0, 0.1) is 0 Å². The number of fused-ring (bicyclic) bond motifs is 8. The Morgan fingerprint density at radius 2 is 1.28 bits per heavy atom. The first-order valence-corrected chi connectivity index (χ1v) is 11.3.